The Hall–Kier alpha value is -3.93. The molecule has 0 aliphatic rings. The predicted octanol–water partition coefficient (Wildman–Crippen LogP) is 4.37. The lowest BCUT2D eigenvalue weighted by atomic mass is 9.93. The molecule has 0 unspecified atom stereocenters. The van der Waals surface area contributed by atoms with Crippen LogP contribution in [0.3, 0.4) is 0 Å². The van der Waals surface area contributed by atoms with Crippen LogP contribution < -0.4 is 4.74 Å². The first-order chi connectivity index (χ1) is 18.5. The van der Waals surface area contributed by atoms with Crippen LogP contribution in [0.25, 0.3) is 32.3 Å². The number of para-hydroxylation sites is 1. The quantitative estimate of drug-likeness (QED) is 0.102. The van der Waals surface area contributed by atoms with E-state index in [1.54, 1.807) is 0 Å². The Bertz CT molecular complexity index is 2160. The van der Waals surface area contributed by atoms with Gasteiger partial charge < -0.3 is 4.74 Å². The van der Waals surface area contributed by atoms with E-state index in [0.717, 1.165) is 18.2 Å². The van der Waals surface area contributed by atoms with E-state index in [1.165, 1.54) is 43.3 Å². The Kier molecular flexibility index (Phi) is 6.25. The van der Waals surface area contributed by atoms with Crippen LogP contribution in [0.1, 0.15) is 18.6 Å². The minimum Gasteiger partial charge on any atom is -0.485 e. The van der Waals surface area contributed by atoms with Gasteiger partial charge >= 0.3 is 0 Å². The molecule has 0 spiro atoms. The maximum atomic E-state index is 12.4. The summed E-state index contributed by atoms with van der Waals surface area (Å²) < 4.78 is 109. The minimum atomic E-state index is -5.07. The summed E-state index contributed by atoms with van der Waals surface area (Å²) in [5.74, 6) is -0.203. The number of nitrogens with zero attached hydrogens (tertiary/aromatic N) is 1. The van der Waals surface area contributed by atoms with Crippen molar-refractivity contribution in [1.82, 2.24) is 0 Å². The van der Waals surface area contributed by atoms with Gasteiger partial charge in [-0.3, -0.25) is 23.8 Å². The SMILES string of the molecule is C[C@@H](Oc1cc(S(=O)(=O)O)c2ccc3c(S(=O)(=O)O)cc(S(=O)(=O)O)c4ccc1c2c43)c1ccccc1[N+](=O)[O-]. The van der Waals surface area contributed by atoms with Gasteiger partial charge in [0.05, 0.1) is 10.5 Å². The van der Waals surface area contributed by atoms with Gasteiger partial charge in [0.2, 0.25) is 0 Å². The Morgan fingerprint density at radius 1 is 0.700 bits per heavy atom. The molecule has 5 rings (SSSR count). The second-order valence-corrected chi connectivity index (χ2v) is 13.0. The van der Waals surface area contributed by atoms with Crippen LogP contribution in [-0.2, 0) is 30.4 Å². The third kappa shape index (κ3) is 4.49. The molecule has 0 radical (unpaired) electrons. The number of ether oxygens (including phenoxy) is 1. The fourth-order valence-electron chi connectivity index (χ4n) is 4.86. The van der Waals surface area contributed by atoms with Gasteiger partial charge in [-0.1, -0.05) is 30.3 Å². The molecule has 13 nitrogen and oxygen atoms in total. The summed E-state index contributed by atoms with van der Waals surface area (Å²) >= 11 is 0. The summed E-state index contributed by atoms with van der Waals surface area (Å²) in [6.45, 7) is 1.46. The lowest BCUT2D eigenvalue weighted by molar-refractivity contribution is -0.386. The van der Waals surface area contributed by atoms with E-state index < -0.39 is 56.1 Å². The molecule has 208 valence electrons. The van der Waals surface area contributed by atoms with Crippen molar-refractivity contribution >= 4 is 68.4 Å². The van der Waals surface area contributed by atoms with Gasteiger partial charge in [-0.2, -0.15) is 25.3 Å². The smallest absolute Gasteiger partial charge is 0.295 e. The molecule has 0 heterocycles. The molecule has 0 amide bonds. The zero-order chi connectivity index (χ0) is 29.4. The van der Waals surface area contributed by atoms with E-state index in [0.29, 0.717) is 6.07 Å². The number of benzene rings is 5. The molecule has 40 heavy (non-hydrogen) atoms. The molecule has 0 aliphatic heterocycles. The molecule has 0 saturated heterocycles. The highest BCUT2D eigenvalue weighted by Crippen LogP contribution is 2.46. The summed E-state index contributed by atoms with van der Waals surface area (Å²) in [6, 6.07) is 12.0. The topological polar surface area (TPSA) is 215 Å². The normalized spacial score (nSPS) is 13.7. The van der Waals surface area contributed by atoms with Crippen molar-refractivity contribution in [3.05, 3.63) is 76.3 Å². The molecule has 0 fully saturated rings. The Balaban J connectivity index is 1.94. The zero-order valence-corrected chi connectivity index (χ0v) is 22.5. The first-order valence-electron chi connectivity index (χ1n) is 11.1. The van der Waals surface area contributed by atoms with Crippen LogP contribution in [0.15, 0.2) is 75.4 Å². The van der Waals surface area contributed by atoms with Gasteiger partial charge in [-0.05, 0) is 25.1 Å². The van der Waals surface area contributed by atoms with E-state index in [4.69, 9.17) is 4.74 Å². The number of hydrogen-bond acceptors (Lipinski definition) is 9. The van der Waals surface area contributed by atoms with Crippen molar-refractivity contribution in [2.75, 3.05) is 0 Å². The number of nitro benzene ring substituents is 1. The van der Waals surface area contributed by atoms with E-state index in [9.17, 15) is 49.0 Å². The molecule has 0 aromatic heterocycles. The largest absolute Gasteiger partial charge is 0.485 e. The fourth-order valence-corrected chi connectivity index (χ4v) is 7.06. The molecule has 5 aromatic rings. The van der Waals surface area contributed by atoms with Gasteiger partial charge in [0.25, 0.3) is 36.0 Å². The molecule has 1 atom stereocenters. The Morgan fingerprint density at radius 2 is 1.12 bits per heavy atom. The van der Waals surface area contributed by atoms with Crippen molar-refractivity contribution in [3.63, 3.8) is 0 Å². The minimum absolute atomic E-state index is 0.0784. The van der Waals surface area contributed by atoms with Crippen molar-refractivity contribution in [3.8, 4) is 5.75 Å². The molecule has 5 aromatic carbocycles. The standard InChI is InChI=1S/C24H17NO12S3/c1-12(13-4-2-3-5-18(13)25(26)27)37-19-10-20(38(28,29)30)15-8-9-17-22(40(34,35)36)11-21(39(31,32)33)16-7-6-14(19)23(15)24(16)17/h2-12H,1H3,(H,28,29,30)(H,31,32,33)(H,34,35,36)/t12-/m1/s1. The molecule has 3 N–H and O–H groups in total. The van der Waals surface area contributed by atoms with E-state index in [-0.39, 0.29) is 49.3 Å². The second-order valence-electron chi connectivity index (χ2n) is 8.82. The summed E-state index contributed by atoms with van der Waals surface area (Å²) in [4.78, 5) is 8.45. The summed E-state index contributed by atoms with van der Waals surface area (Å²) in [7, 11) is -15.1. The second kappa shape index (κ2) is 9.05. The average molecular weight is 608 g/mol. The molecular weight excluding hydrogens is 590 g/mol. The van der Waals surface area contributed by atoms with Crippen molar-refractivity contribution in [2.45, 2.75) is 27.7 Å². The number of rotatable bonds is 7. The summed E-state index contributed by atoms with van der Waals surface area (Å²) in [5, 5.41) is 10.8. The first-order valence-corrected chi connectivity index (χ1v) is 15.4. The third-order valence-corrected chi connectivity index (χ3v) is 9.14. The van der Waals surface area contributed by atoms with Crippen LogP contribution >= 0.6 is 0 Å². The summed E-state index contributed by atoms with van der Waals surface area (Å²) in [6.07, 6.45) is -1.05. The monoisotopic (exact) mass is 607 g/mol. The molecule has 16 heteroatoms. The lowest BCUT2D eigenvalue weighted by Crippen LogP contribution is -2.09. The first kappa shape index (κ1) is 27.6. The van der Waals surface area contributed by atoms with Crippen LogP contribution in [0.5, 0.6) is 5.75 Å². The van der Waals surface area contributed by atoms with Crippen LogP contribution in [0, 0.1) is 10.1 Å². The predicted molar refractivity (Wildman–Crippen MR) is 142 cm³/mol. The van der Waals surface area contributed by atoms with E-state index in [1.807, 2.05) is 0 Å². The Morgan fingerprint density at radius 3 is 1.60 bits per heavy atom. The molecule has 0 bridgehead atoms. The molecular formula is C24H17NO12S3. The fraction of sp³-hybridized carbons (Fsp3) is 0.0833. The van der Waals surface area contributed by atoms with Crippen LogP contribution in [0.4, 0.5) is 5.69 Å². The highest BCUT2D eigenvalue weighted by atomic mass is 32.2. The van der Waals surface area contributed by atoms with Crippen molar-refractivity contribution in [2.24, 2.45) is 0 Å². The zero-order valence-electron chi connectivity index (χ0n) is 20.0. The van der Waals surface area contributed by atoms with Crippen LogP contribution in [0.2, 0.25) is 0 Å². The maximum absolute atomic E-state index is 12.4. The third-order valence-electron chi connectivity index (χ3n) is 6.46. The van der Waals surface area contributed by atoms with Gasteiger partial charge in [0.1, 0.15) is 26.5 Å². The lowest BCUT2D eigenvalue weighted by Gasteiger charge is -2.21. The number of nitro groups is 1. The van der Waals surface area contributed by atoms with Gasteiger partial charge in [0.15, 0.2) is 0 Å². The van der Waals surface area contributed by atoms with E-state index >= 15 is 0 Å². The highest BCUT2D eigenvalue weighted by Gasteiger charge is 2.29. The molecule has 0 aliphatic carbocycles. The van der Waals surface area contributed by atoms with Crippen molar-refractivity contribution < 1.29 is 48.6 Å². The van der Waals surface area contributed by atoms with Gasteiger partial charge in [-0.25, -0.2) is 0 Å². The van der Waals surface area contributed by atoms with Gasteiger partial charge in [0, 0.05) is 44.5 Å². The number of hydrogen-bond donors (Lipinski definition) is 3. The van der Waals surface area contributed by atoms with E-state index in [2.05, 4.69) is 0 Å². The molecule has 0 saturated carbocycles. The average Bonchev–Trinajstić information content (AvgIpc) is 2.85. The van der Waals surface area contributed by atoms with Gasteiger partial charge in [-0.15, -0.1) is 0 Å². The highest BCUT2D eigenvalue weighted by molar-refractivity contribution is 7.87. The Labute approximate surface area is 226 Å². The van der Waals surface area contributed by atoms with Crippen molar-refractivity contribution in [1.29, 1.82) is 0 Å². The van der Waals surface area contributed by atoms with Crippen LogP contribution in [-0.4, -0.2) is 43.8 Å². The summed E-state index contributed by atoms with van der Waals surface area (Å²) in [5.41, 5.74) is -0.146. The maximum Gasteiger partial charge on any atom is 0.295 e.